The molecule has 0 bridgehead atoms. The predicted molar refractivity (Wildman–Crippen MR) is 153 cm³/mol. The van der Waals surface area contributed by atoms with Crippen molar-refractivity contribution in [3.05, 3.63) is 137 Å². The molecule has 5 nitrogen and oxygen atoms in total. The van der Waals surface area contributed by atoms with Crippen molar-refractivity contribution in [2.24, 2.45) is 0 Å². The molecule has 0 fully saturated rings. The van der Waals surface area contributed by atoms with Gasteiger partial charge in [-0.05, 0) is 54.3 Å². The Bertz CT molecular complexity index is 1450. The second-order valence-corrected chi connectivity index (χ2v) is 9.08. The normalized spacial score (nSPS) is 10.8. The van der Waals surface area contributed by atoms with Crippen molar-refractivity contribution < 1.29 is 14.4 Å². The molecule has 0 saturated carbocycles. The van der Waals surface area contributed by atoms with E-state index in [-0.39, 0.29) is 24.0 Å². The summed E-state index contributed by atoms with van der Waals surface area (Å²) in [6.45, 7) is 4.08. The van der Waals surface area contributed by atoms with Crippen LogP contribution in [0.2, 0.25) is 0 Å². The Kier molecular flexibility index (Phi) is 8.62. The average Bonchev–Trinajstić information content (AvgIpc) is 2.94. The fraction of sp³-hybridized carbons (Fsp3) is 0.121. The van der Waals surface area contributed by atoms with Gasteiger partial charge >= 0.3 is 0 Å². The molecule has 0 spiro atoms. The highest BCUT2D eigenvalue weighted by atomic mass is 16.2. The second kappa shape index (κ2) is 12.5. The SMILES string of the molecule is CCc1ccc(/C=C/C(=O)Nc2ccc(NC(=O)Cc3ccc(C)cc3)c(C(=O)c3ccccc3)c2)cc1. The topological polar surface area (TPSA) is 75.3 Å². The molecule has 4 aromatic rings. The van der Waals surface area contributed by atoms with E-state index in [9.17, 15) is 14.4 Å². The van der Waals surface area contributed by atoms with Gasteiger partial charge in [0.25, 0.3) is 0 Å². The summed E-state index contributed by atoms with van der Waals surface area (Å²) in [7, 11) is 0. The minimum absolute atomic E-state index is 0.182. The molecule has 0 saturated heterocycles. The molecule has 0 aromatic heterocycles. The molecule has 5 heteroatoms. The first-order valence-corrected chi connectivity index (χ1v) is 12.6. The molecule has 0 unspecified atom stereocenters. The molecule has 0 aliphatic heterocycles. The quantitative estimate of drug-likeness (QED) is 0.199. The lowest BCUT2D eigenvalue weighted by Crippen LogP contribution is -2.18. The number of amides is 2. The molecule has 0 atom stereocenters. The van der Waals surface area contributed by atoms with E-state index in [2.05, 4.69) is 17.6 Å². The van der Waals surface area contributed by atoms with Gasteiger partial charge in [0.05, 0.1) is 12.1 Å². The van der Waals surface area contributed by atoms with Crippen molar-refractivity contribution in [3.63, 3.8) is 0 Å². The van der Waals surface area contributed by atoms with Crippen LogP contribution in [0.5, 0.6) is 0 Å². The Morgan fingerprint density at radius 2 is 1.45 bits per heavy atom. The van der Waals surface area contributed by atoms with E-state index in [1.165, 1.54) is 11.6 Å². The van der Waals surface area contributed by atoms with Crippen LogP contribution in [0.1, 0.15) is 45.1 Å². The van der Waals surface area contributed by atoms with E-state index in [1.807, 2.05) is 61.5 Å². The molecule has 2 N–H and O–H groups in total. The van der Waals surface area contributed by atoms with Gasteiger partial charge in [-0.2, -0.15) is 0 Å². The Labute approximate surface area is 223 Å². The predicted octanol–water partition coefficient (Wildman–Crippen LogP) is 6.62. The van der Waals surface area contributed by atoms with Gasteiger partial charge in [-0.25, -0.2) is 0 Å². The van der Waals surface area contributed by atoms with Crippen LogP contribution in [0.25, 0.3) is 6.08 Å². The van der Waals surface area contributed by atoms with E-state index >= 15 is 0 Å². The highest BCUT2D eigenvalue weighted by Crippen LogP contribution is 2.24. The van der Waals surface area contributed by atoms with Crippen LogP contribution in [-0.2, 0) is 22.4 Å². The summed E-state index contributed by atoms with van der Waals surface area (Å²) in [6, 6.07) is 29.5. The van der Waals surface area contributed by atoms with E-state index in [4.69, 9.17) is 0 Å². The first-order chi connectivity index (χ1) is 18.4. The maximum absolute atomic E-state index is 13.4. The van der Waals surface area contributed by atoms with Gasteiger partial charge < -0.3 is 10.6 Å². The standard InChI is InChI=1S/C33H30N2O3/c1-3-24-13-15-25(16-14-24)17-20-31(36)34-28-18-19-30(29(22-28)33(38)27-7-5-4-6-8-27)35-32(37)21-26-11-9-23(2)10-12-26/h4-20,22H,3,21H2,1-2H3,(H,34,36)(H,35,37)/b20-17+. The number of aryl methyl sites for hydroxylation is 2. The average molecular weight is 503 g/mol. The zero-order valence-corrected chi connectivity index (χ0v) is 21.5. The summed E-state index contributed by atoms with van der Waals surface area (Å²) < 4.78 is 0. The van der Waals surface area contributed by atoms with E-state index in [0.717, 1.165) is 23.1 Å². The molecule has 0 aliphatic rings. The number of benzene rings is 4. The van der Waals surface area contributed by atoms with Gasteiger partial charge in [-0.1, -0.05) is 91.3 Å². The second-order valence-electron chi connectivity index (χ2n) is 9.08. The van der Waals surface area contributed by atoms with Gasteiger partial charge in [0.2, 0.25) is 11.8 Å². The van der Waals surface area contributed by atoms with Gasteiger partial charge in [-0.15, -0.1) is 0 Å². The van der Waals surface area contributed by atoms with Gasteiger partial charge in [0.15, 0.2) is 5.78 Å². The first kappa shape index (κ1) is 26.3. The van der Waals surface area contributed by atoms with Crippen LogP contribution < -0.4 is 10.6 Å². The molecule has 4 rings (SSSR count). The van der Waals surface area contributed by atoms with Crippen molar-refractivity contribution in [1.29, 1.82) is 0 Å². The molecule has 2 amide bonds. The van der Waals surface area contributed by atoms with Crippen molar-refractivity contribution in [3.8, 4) is 0 Å². The zero-order chi connectivity index (χ0) is 26.9. The summed E-state index contributed by atoms with van der Waals surface area (Å²) in [4.78, 5) is 38.8. The number of ketones is 1. The number of anilines is 2. The fourth-order valence-electron chi connectivity index (χ4n) is 3.97. The fourth-order valence-corrected chi connectivity index (χ4v) is 3.97. The van der Waals surface area contributed by atoms with Crippen LogP contribution in [-0.4, -0.2) is 17.6 Å². The van der Waals surface area contributed by atoms with Gasteiger partial charge in [0, 0.05) is 22.9 Å². The minimum atomic E-state index is -0.321. The summed E-state index contributed by atoms with van der Waals surface area (Å²) in [6.07, 6.45) is 4.33. The first-order valence-electron chi connectivity index (χ1n) is 12.6. The van der Waals surface area contributed by atoms with Crippen LogP contribution in [0, 0.1) is 6.92 Å². The molecular formula is C33H30N2O3. The summed E-state index contributed by atoms with van der Waals surface area (Å²) in [5.74, 6) is -0.803. The molecule has 0 aliphatic carbocycles. The number of hydrogen-bond donors (Lipinski definition) is 2. The molecule has 0 radical (unpaired) electrons. The lowest BCUT2D eigenvalue weighted by molar-refractivity contribution is -0.115. The zero-order valence-electron chi connectivity index (χ0n) is 21.5. The van der Waals surface area contributed by atoms with E-state index in [0.29, 0.717) is 22.5 Å². The highest BCUT2D eigenvalue weighted by Gasteiger charge is 2.17. The summed E-state index contributed by atoms with van der Waals surface area (Å²) in [5.41, 5.74) is 5.77. The number of nitrogens with one attached hydrogen (secondary N) is 2. The van der Waals surface area contributed by atoms with Crippen LogP contribution in [0.15, 0.2) is 103 Å². The lowest BCUT2D eigenvalue weighted by atomic mass is 10.0. The van der Waals surface area contributed by atoms with Crippen LogP contribution in [0.4, 0.5) is 11.4 Å². The summed E-state index contributed by atoms with van der Waals surface area (Å²) >= 11 is 0. The molecule has 0 heterocycles. The van der Waals surface area contributed by atoms with Crippen molar-refractivity contribution in [2.75, 3.05) is 10.6 Å². The number of hydrogen-bond acceptors (Lipinski definition) is 3. The lowest BCUT2D eigenvalue weighted by Gasteiger charge is -2.13. The van der Waals surface area contributed by atoms with Crippen molar-refractivity contribution >= 4 is 35.0 Å². The molecule has 190 valence electrons. The largest absolute Gasteiger partial charge is 0.325 e. The monoisotopic (exact) mass is 502 g/mol. The van der Waals surface area contributed by atoms with E-state index < -0.39 is 0 Å². The van der Waals surface area contributed by atoms with Crippen molar-refractivity contribution in [2.45, 2.75) is 26.7 Å². The third-order valence-electron chi connectivity index (χ3n) is 6.14. The maximum Gasteiger partial charge on any atom is 0.248 e. The Morgan fingerprint density at radius 3 is 2.13 bits per heavy atom. The Balaban J connectivity index is 1.53. The third-order valence-corrected chi connectivity index (χ3v) is 6.14. The van der Waals surface area contributed by atoms with Gasteiger partial charge in [-0.3, -0.25) is 14.4 Å². The molecular weight excluding hydrogens is 472 g/mol. The molecule has 38 heavy (non-hydrogen) atoms. The number of carbonyl (C=O) groups is 3. The maximum atomic E-state index is 13.4. The number of rotatable bonds is 9. The van der Waals surface area contributed by atoms with E-state index in [1.54, 1.807) is 48.5 Å². The third kappa shape index (κ3) is 7.14. The van der Waals surface area contributed by atoms with Crippen molar-refractivity contribution in [1.82, 2.24) is 0 Å². The van der Waals surface area contributed by atoms with Crippen LogP contribution in [0.3, 0.4) is 0 Å². The summed E-state index contributed by atoms with van der Waals surface area (Å²) in [5, 5.41) is 5.69. The number of carbonyl (C=O) groups excluding carboxylic acids is 3. The Morgan fingerprint density at radius 1 is 0.763 bits per heavy atom. The smallest absolute Gasteiger partial charge is 0.248 e. The highest BCUT2D eigenvalue weighted by molar-refractivity contribution is 6.15. The molecule has 4 aromatic carbocycles. The Hall–Kier alpha value is -4.77. The van der Waals surface area contributed by atoms with Crippen LogP contribution >= 0.6 is 0 Å². The minimum Gasteiger partial charge on any atom is -0.325 e. The van der Waals surface area contributed by atoms with Gasteiger partial charge in [0.1, 0.15) is 0 Å².